The normalized spacial score (nSPS) is 13.4. The molecule has 0 amide bonds. The first kappa shape index (κ1) is 26.8. The number of rotatable bonds is 9. The van der Waals surface area contributed by atoms with E-state index in [9.17, 15) is 18.4 Å². The fraction of sp³-hybridized carbons (Fsp3) is 0.194. The van der Waals surface area contributed by atoms with Gasteiger partial charge in [-0.25, -0.2) is 9.78 Å². The second kappa shape index (κ2) is 11.5. The smallest absolute Gasteiger partial charge is 0.387 e. The number of pyridine rings is 1. The third-order valence-corrected chi connectivity index (χ3v) is 6.63. The SMILES string of the molecule is COc1ccc(/C=C2\CCc3c2nc2ccccc2c3C(=O)OCC(=O)c2ccc(OC(F)F)cc2)cc1OC. The standard InChI is InChI=1S/C31H25F2NO6/c1-37-26-14-7-18(16-27(26)38-2)15-20-10-13-23-28(22-5-3-4-6-24(22)34-29(20)23)30(36)39-17-25(35)19-8-11-21(12-9-19)40-31(32)33/h3-9,11-12,14-16,31H,10,13,17H2,1-2H3/b20-15+. The van der Waals surface area contributed by atoms with Gasteiger partial charge in [0.05, 0.1) is 31.0 Å². The van der Waals surface area contributed by atoms with Crippen LogP contribution in [0.4, 0.5) is 8.78 Å². The average molecular weight is 546 g/mol. The molecule has 7 nitrogen and oxygen atoms in total. The van der Waals surface area contributed by atoms with E-state index in [-0.39, 0.29) is 11.3 Å². The summed E-state index contributed by atoms with van der Waals surface area (Å²) < 4.78 is 45.3. The number of allylic oxidation sites excluding steroid dienone is 1. The van der Waals surface area contributed by atoms with Crippen LogP contribution in [-0.2, 0) is 11.2 Å². The molecule has 1 heterocycles. The molecule has 9 heteroatoms. The molecule has 1 aliphatic carbocycles. The van der Waals surface area contributed by atoms with E-state index >= 15 is 0 Å². The monoisotopic (exact) mass is 545 g/mol. The number of hydrogen-bond acceptors (Lipinski definition) is 7. The molecule has 4 aromatic rings. The van der Waals surface area contributed by atoms with Crippen molar-refractivity contribution in [1.82, 2.24) is 4.98 Å². The van der Waals surface area contributed by atoms with Gasteiger partial charge in [-0.2, -0.15) is 8.78 Å². The molecule has 5 rings (SSSR count). The molecule has 0 unspecified atom stereocenters. The van der Waals surface area contributed by atoms with Gasteiger partial charge in [0.2, 0.25) is 0 Å². The van der Waals surface area contributed by atoms with Crippen LogP contribution >= 0.6 is 0 Å². The van der Waals surface area contributed by atoms with E-state index in [1.54, 1.807) is 20.3 Å². The summed E-state index contributed by atoms with van der Waals surface area (Å²) in [5.74, 6) is 0.0535. The minimum Gasteiger partial charge on any atom is -0.493 e. The molecule has 0 atom stereocenters. The highest BCUT2D eigenvalue weighted by molar-refractivity contribution is 6.08. The molecule has 0 N–H and O–H groups in total. The number of ether oxygens (including phenoxy) is 4. The van der Waals surface area contributed by atoms with Gasteiger partial charge in [0.15, 0.2) is 23.9 Å². The largest absolute Gasteiger partial charge is 0.493 e. The Morgan fingerprint density at radius 2 is 1.70 bits per heavy atom. The number of hydrogen-bond donors (Lipinski definition) is 0. The van der Waals surface area contributed by atoms with E-state index in [1.165, 1.54) is 24.3 Å². The zero-order valence-electron chi connectivity index (χ0n) is 21.8. The highest BCUT2D eigenvalue weighted by Gasteiger charge is 2.28. The van der Waals surface area contributed by atoms with Gasteiger partial charge in [-0.15, -0.1) is 0 Å². The maximum absolute atomic E-state index is 13.4. The van der Waals surface area contributed by atoms with Crippen molar-refractivity contribution in [3.05, 3.63) is 94.7 Å². The van der Waals surface area contributed by atoms with E-state index in [0.29, 0.717) is 46.5 Å². The molecule has 0 spiro atoms. The van der Waals surface area contributed by atoms with Gasteiger partial charge in [0.25, 0.3) is 0 Å². The van der Waals surface area contributed by atoms with Crippen LogP contribution in [0.1, 0.15) is 44.0 Å². The molecular weight excluding hydrogens is 520 g/mol. The van der Waals surface area contributed by atoms with E-state index < -0.39 is 25.0 Å². The lowest BCUT2D eigenvalue weighted by molar-refractivity contribution is -0.0498. The lowest BCUT2D eigenvalue weighted by Crippen LogP contribution is -2.16. The molecule has 0 bridgehead atoms. The quantitative estimate of drug-likeness (QED) is 0.178. The van der Waals surface area contributed by atoms with E-state index in [1.807, 2.05) is 42.5 Å². The molecule has 1 aromatic heterocycles. The molecule has 0 fully saturated rings. The van der Waals surface area contributed by atoms with Crippen molar-refractivity contribution < 1.29 is 37.3 Å². The van der Waals surface area contributed by atoms with Crippen LogP contribution < -0.4 is 14.2 Å². The number of benzene rings is 3. The molecule has 0 saturated heterocycles. The number of esters is 1. The van der Waals surface area contributed by atoms with Crippen LogP contribution in [0.15, 0.2) is 66.7 Å². The Bertz CT molecular complexity index is 1610. The van der Waals surface area contributed by atoms with Gasteiger partial charge >= 0.3 is 12.6 Å². The average Bonchev–Trinajstić information content (AvgIpc) is 3.36. The highest BCUT2D eigenvalue weighted by Crippen LogP contribution is 2.38. The maximum atomic E-state index is 13.4. The molecule has 0 aliphatic heterocycles. The lowest BCUT2D eigenvalue weighted by atomic mass is 10.0. The van der Waals surface area contributed by atoms with Gasteiger partial charge in [-0.05, 0) is 78.1 Å². The Morgan fingerprint density at radius 3 is 2.42 bits per heavy atom. The number of fused-ring (bicyclic) bond motifs is 2. The van der Waals surface area contributed by atoms with Gasteiger partial charge < -0.3 is 18.9 Å². The zero-order chi connectivity index (χ0) is 28.2. The van der Waals surface area contributed by atoms with Crippen molar-refractivity contribution in [3.63, 3.8) is 0 Å². The minimum absolute atomic E-state index is 0.0701. The summed E-state index contributed by atoms with van der Waals surface area (Å²) in [5.41, 5.74) is 4.55. The van der Waals surface area contributed by atoms with Crippen molar-refractivity contribution in [2.24, 2.45) is 0 Å². The first-order valence-corrected chi connectivity index (χ1v) is 12.5. The molecule has 3 aromatic carbocycles. The van der Waals surface area contributed by atoms with E-state index in [4.69, 9.17) is 19.2 Å². The molecule has 0 radical (unpaired) electrons. The van der Waals surface area contributed by atoms with Crippen molar-refractivity contribution in [1.29, 1.82) is 0 Å². The number of para-hydroxylation sites is 1. The predicted molar refractivity (Wildman–Crippen MR) is 145 cm³/mol. The van der Waals surface area contributed by atoms with E-state index in [2.05, 4.69) is 4.74 Å². The Kier molecular flexibility index (Phi) is 7.72. The molecule has 40 heavy (non-hydrogen) atoms. The van der Waals surface area contributed by atoms with Gasteiger partial charge in [-0.1, -0.05) is 24.3 Å². The van der Waals surface area contributed by atoms with Crippen LogP contribution in [0.25, 0.3) is 22.6 Å². The van der Waals surface area contributed by atoms with Crippen LogP contribution in [0, 0.1) is 0 Å². The highest BCUT2D eigenvalue weighted by atomic mass is 19.3. The summed E-state index contributed by atoms with van der Waals surface area (Å²) in [6.07, 6.45) is 3.26. The van der Waals surface area contributed by atoms with Crippen LogP contribution in [0.2, 0.25) is 0 Å². The van der Waals surface area contributed by atoms with Gasteiger partial charge in [0, 0.05) is 10.9 Å². The Balaban J connectivity index is 1.42. The number of halogens is 2. The first-order valence-electron chi connectivity index (χ1n) is 12.5. The van der Waals surface area contributed by atoms with Crippen LogP contribution in [0.3, 0.4) is 0 Å². The van der Waals surface area contributed by atoms with Crippen LogP contribution in [0.5, 0.6) is 17.2 Å². The third-order valence-electron chi connectivity index (χ3n) is 6.63. The van der Waals surface area contributed by atoms with Crippen molar-refractivity contribution >= 4 is 34.3 Å². The Hall–Kier alpha value is -4.79. The molecule has 1 aliphatic rings. The van der Waals surface area contributed by atoms with Crippen LogP contribution in [-0.4, -0.2) is 44.2 Å². The number of aromatic nitrogens is 1. The summed E-state index contributed by atoms with van der Waals surface area (Å²) in [6, 6.07) is 18.1. The molecule has 204 valence electrons. The second-order valence-corrected chi connectivity index (χ2v) is 9.02. The number of methoxy groups -OCH3 is 2. The zero-order valence-corrected chi connectivity index (χ0v) is 21.8. The van der Waals surface area contributed by atoms with Crippen molar-refractivity contribution in [2.45, 2.75) is 19.5 Å². The number of alkyl halides is 2. The number of nitrogens with zero attached hydrogens (tertiary/aromatic N) is 1. The van der Waals surface area contributed by atoms with Gasteiger partial charge in [0.1, 0.15) is 5.75 Å². The predicted octanol–water partition coefficient (Wildman–Crippen LogP) is 6.38. The third kappa shape index (κ3) is 5.49. The fourth-order valence-electron chi connectivity index (χ4n) is 4.76. The van der Waals surface area contributed by atoms with Gasteiger partial charge in [-0.3, -0.25) is 4.79 Å². The van der Waals surface area contributed by atoms with Crippen molar-refractivity contribution in [3.8, 4) is 17.2 Å². The summed E-state index contributed by atoms with van der Waals surface area (Å²) in [4.78, 5) is 30.9. The second-order valence-electron chi connectivity index (χ2n) is 9.02. The number of carbonyl (C=O) groups is 2. The minimum atomic E-state index is -2.96. The first-order chi connectivity index (χ1) is 19.4. The fourth-order valence-corrected chi connectivity index (χ4v) is 4.76. The number of ketones is 1. The summed E-state index contributed by atoms with van der Waals surface area (Å²) in [7, 11) is 3.15. The summed E-state index contributed by atoms with van der Waals surface area (Å²) >= 11 is 0. The lowest BCUT2D eigenvalue weighted by Gasteiger charge is -2.12. The van der Waals surface area contributed by atoms with Crippen molar-refractivity contribution in [2.75, 3.05) is 20.8 Å². The molecule has 0 saturated carbocycles. The summed E-state index contributed by atoms with van der Waals surface area (Å²) in [5, 5.41) is 0.638. The maximum Gasteiger partial charge on any atom is 0.387 e. The summed E-state index contributed by atoms with van der Waals surface area (Å²) in [6.45, 7) is -3.47. The topological polar surface area (TPSA) is 84.0 Å². The molecular formula is C31H25F2NO6. The van der Waals surface area contributed by atoms with E-state index in [0.717, 1.165) is 16.7 Å². The Labute approximate surface area is 229 Å². The Morgan fingerprint density at radius 1 is 0.950 bits per heavy atom. The number of Topliss-reactive ketones (excluding diaryl/α,β-unsaturated/α-hetero) is 1. The number of carbonyl (C=O) groups excluding carboxylic acids is 2.